The van der Waals surface area contributed by atoms with Crippen LogP contribution in [0.4, 0.5) is 10.7 Å². The Morgan fingerprint density at radius 1 is 1.52 bits per heavy atom. The van der Waals surface area contributed by atoms with E-state index in [0.717, 1.165) is 19.3 Å². The molecule has 1 aromatic rings. The second kappa shape index (κ2) is 5.90. The van der Waals surface area contributed by atoms with Crippen LogP contribution < -0.4 is 4.90 Å². The minimum Gasteiger partial charge on any atom is -0.388 e. The van der Waals surface area contributed by atoms with E-state index in [-0.39, 0.29) is 22.8 Å². The molecule has 0 spiro atoms. The molecule has 116 valence electrons. The van der Waals surface area contributed by atoms with Gasteiger partial charge in [0.25, 0.3) is 0 Å². The zero-order valence-electron chi connectivity index (χ0n) is 12.0. The first kappa shape index (κ1) is 14.7. The molecule has 0 amide bonds. The number of anilines is 1. The molecule has 1 N–H and O–H groups in total. The Morgan fingerprint density at radius 3 is 3.00 bits per heavy atom. The first-order valence-corrected chi connectivity index (χ1v) is 8.24. The lowest BCUT2D eigenvalue weighted by Gasteiger charge is -2.44. The molecule has 2 unspecified atom stereocenters. The Labute approximate surface area is 127 Å². The van der Waals surface area contributed by atoms with Gasteiger partial charge in [-0.1, -0.05) is 12.8 Å². The molecule has 1 aromatic heterocycles. The van der Waals surface area contributed by atoms with Gasteiger partial charge in [-0.05, 0) is 19.8 Å². The van der Waals surface area contributed by atoms with Crippen molar-refractivity contribution in [3.05, 3.63) is 21.1 Å². The summed E-state index contributed by atoms with van der Waals surface area (Å²) in [5, 5.41) is 21.7. The van der Waals surface area contributed by atoms with Crippen molar-refractivity contribution < 1.29 is 14.8 Å². The number of nitro groups is 1. The fourth-order valence-electron chi connectivity index (χ4n) is 3.28. The molecule has 3 atom stereocenters. The summed E-state index contributed by atoms with van der Waals surface area (Å²) in [5.41, 5.74) is 0.113. The molecule has 2 fully saturated rings. The number of ether oxygens (including phenoxy) is 1. The number of rotatable bonds is 3. The molecule has 1 saturated heterocycles. The van der Waals surface area contributed by atoms with Crippen molar-refractivity contribution >= 4 is 22.0 Å². The van der Waals surface area contributed by atoms with Crippen molar-refractivity contribution in [3.63, 3.8) is 0 Å². The first-order valence-electron chi connectivity index (χ1n) is 7.42. The molecule has 1 aliphatic heterocycles. The van der Waals surface area contributed by atoms with Crippen LogP contribution in [0, 0.1) is 10.1 Å². The highest BCUT2D eigenvalue weighted by atomic mass is 32.1. The van der Waals surface area contributed by atoms with Gasteiger partial charge in [-0.2, -0.15) is 0 Å². The molecule has 0 aromatic carbocycles. The van der Waals surface area contributed by atoms with Crippen LogP contribution >= 0.6 is 11.3 Å². The highest BCUT2D eigenvalue weighted by molar-refractivity contribution is 7.16. The third kappa shape index (κ3) is 2.77. The van der Waals surface area contributed by atoms with Crippen molar-refractivity contribution in [1.82, 2.24) is 0 Å². The van der Waals surface area contributed by atoms with Crippen LogP contribution in [0.25, 0.3) is 0 Å². The van der Waals surface area contributed by atoms with Gasteiger partial charge < -0.3 is 14.7 Å². The van der Waals surface area contributed by atoms with Gasteiger partial charge in [-0.3, -0.25) is 10.1 Å². The van der Waals surface area contributed by atoms with Gasteiger partial charge in [0.2, 0.25) is 0 Å². The fourth-order valence-corrected chi connectivity index (χ4v) is 4.43. The first-order chi connectivity index (χ1) is 10.1. The molecule has 1 aliphatic carbocycles. The third-order valence-electron chi connectivity index (χ3n) is 4.31. The number of morpholine rings is 1. The van der Waals surface area contributed by atoms with E-state index >= 15 is 0 Å². The molecule has 2 heterocycles. The smallest absolute Gasteiger partial charge is 0.304 e. The summed E-state index contributed by atoms with van der Waals surface area (Å²) in [6, 6.07) is 1.74. The Bertz CT molecular complexity index is 529. The fraction of sp³-hybridized carbons (Fsp3) is 0.714. The Kier molecular flexibility index (Phi) is 4.14. The van der Waals surface area contributed by atoms with E-state index in [1.165, 1.54) is 23.8 Å². The highest BCUT2D eigenvalue weighted by Crippen LogP contribution is 2.43. The molecular formula is C14H20N2O4S. The molecule has 3 rings (SSSR count). The second-order valence-electron chi connectivity index (χ2n) is 5.73. The zero-order valence-corrected chi connectivity index (χ0v) is 12.8. The van der Waals surface area contributed by atoms with Crippen LogP contribution in [0.3, 0.4) is 0 Å². The molecule has 1 saturated carbocycles. The van der Waals surface area contributed by atoms with E-state index in [1.54, 1.807) is 6.92 Å². The quantitative estimate of drug-likeness (QED) is 0.686. The molecular weight excluding hydrogens is 292 g/mol. The van der Waals surface area contributed by atoms with Crippen LogP contribution in [-0.4, -0.2) is 35.3 Å². The summed E-state index contributed by atoms with van der Waals surface area (Å²) in [5.74, 6) is 0. The van der Waals surface area contributed by atoms with Gasteiger partial charge in [0.15, 0.2) is 5.00 Å². The summed E-state index contributed by atoms with van der Waals surface area (Å²) in [7, 11) is 0. The number of fused-ring (bicyclic) bond motifs is 1. The number of thiophene rings is 1. The number of hydrogen-bond acceptors (Lipinski definition) is 6. The normalized spacial score (nSPS) is 27.2. The van der Waals surface area contributed by atoms with Crippen LogP contribution in [0.2, 0.25) is 0 Å². The lowest BCUT2D eigenvalue weighted by molar-refractivity contribution is -0.383. The maximum Gasteiger partial charge on any atom is 0.304 e. The van der Waals surface area contributed by atoms with Crippen LogP contribution in [0.15, 0.2) is 6.07 Å². The molecule has 21 heavy (non-hydrogen) atoms. The maximum atomic E-state index is 11.3. The highest BCUT2D eigenvalue weighted by Gasteiger charge is 2.38. The number of nitrogens with zero attached hydrogens (tertiary/aromatic N) is 2. The van der Waals surface area contributed by atoms with Crippen LogP contribution in [-0.2, 0) is 4.74 Å². The van der Waals surface area contributed by atoms with Crippen molar-refractivity contribution in [2.75, 3.05) is 18.1 Å². The minimum atomic E-state index is -0.675. The average molecular weight is 312 g/mol. The zero-order chi connectivity index (χ0) is 15.0. The Morgan fingerprint density at radius 2 is 2.29 bits per heavy atom. The Hall–Kier alpha value is -1.18. The lowest BCUT2D eigenvalue weighted by Crippen LogP contribution is -2.52. The van der Waals surface area contributed by atoms with E-state index < -0.39 is 6.10 Å². The van der Waals surface area contributed by atoms with Crippen molar-refractivity contribution in [3.8, 4) is 0 Å². The second-order valence-corrected chi connectivity index (χ2v) is 6.79. The van der Waals surface area contributed by atoms with E-state index in [1.807, 2.05) is 0 Å². The van der Waals surface area contributed by atoms with E-state index in [4.69, 9.17) is 4.74 Å². The third-order valence-corrected chi connectivity index (χ3v) is 5.65. The number of aliphatic hydroxyl groups excluding tert-OH is 1. The van der Waals surface area contributed by atoms with Gasteiger partial charge in [-0.15, -0.1) is 11.3 Å². The monoisotopic (exact) mass is 312 g/mol. The molecule has 7 heteroatoms. The Balaban J connectivity index is 1.95. The van der Waals surface area contributed by atoms with E-state index in [2.05, 4.69) is 4.90 Å². The van der Waals surface area contributed by atoms with Gasteiger partial charge >= 0.3 is 5.69 Å². The topological polar surface area (TPSA) is 75.8 Å². The number of aliphatic hydroxyl groups is 1. The van der Waals surface area contributed by atoms with Gasteiger partial charge in [0, 0.05) is 17.5 Å². The molecule has 0 bridgehead atoms. The summed E-state index contributed by atoms with van der Waals surface area (Å²) in [6.07, 6.45) is 3.87. The predicted octanol–water partition coefficient (Wildman–Crippen LogP) is 2.86. The standard InChI is InChI=1S/C14H20N2O4S/c1-9(17)13-8-11(16(18)19)14(21-13)15-6-7-20-12-5-3-2-4-10(12)15/h8-10,12,17H,2-7H2,1H3/t9-,10?,12?/m0/s1. The van der Waals surface area contributed by atoms with Gasteiger partial charge in [0.1, 0.15) is 0 Å². The SMILES string of the molecule is C[C@H](O)c1cc([N+](=O)[O-])c(N2CCOC3CCCCC32)s1. The summed E-state index contributed by atoms with van der Waals surface area (Å²) < 4.78 is 5.83. The van der Waals surface area contributed by atoms with Gasteiger partial charge in [-0.25, -0.2) is 0 Å². The largest absolute Gasteiger partial charge is 0.388 e. The molecule has 0 radical (unpaired) electrons. The van der Waals surface area contributed by atoms with Gasteiger partial charge in [0.05, 0.1) is 29.8 Å². The van der Waals surface area contributed by atoms with Crippen molar-refractivity contribution in [2.24, 2.45) is 0 Å². The van der Waals surface area contributed by atoms with Crippen molar-refractivity contribution in [1.29, 1.82) is 0 Å². The van der Waals surface area contributed by atoms with Crippen LogP contribution in [0.1, 0.15) is 43.6 Å². The molecule has 2 aliphatic rings. The van der Waals surface area contributed by atoms with Crippen LogP contribution in [0.5, 0.6) is 0 Å². The summed E-state index contributed by atoms with van der Waals surface area (Å²) >= 11 is 1.34. The minimum absolute atomic E-state index is 0.113. The van der Waals surface area contributed by atoms with E-state index in [9.17, 15) is 15.2 Å². The molecule has 6 nitrogen and oxygen atoms in total. The predicted molar refractivity (Wildman–Crippen MR) is 80.9 cm³/mol. The van der Waals surface area contributed by atoms with Crippen molar-refractivity contribution in [2.45, 2.75) is 50.9 Å². The average Bonchev–Trinajstić information content (AvgIpc) is 2.92. The summed E-state index contributed by atoms with van der Waals surface area (Å²) in [4.78, 5) is 13.8. The lowest BCUT2D eigenvalue weighted by atomic mass is 9.90. The number of hydrogen-bond donors (Lipinski definition) is 1. The van der Waals surface area contributed by atoms with E-state index in [0.29, 0.717) is 23.0 Å². The summed E-state index contributed by atoms with van der Waals surface area (Å²) in [6.45, 7) is 2.93. The maximum absolute atomic E-state index is 11.3.